The maximum Gasteiger partial charge on any atom is 0.321 e. The minimum atomic E-state index is -3.93. The zero-order chi connectivity index (χ0) is 21.5. The lowest BCUT2D eigenvalue weighted by Crippen LogP contribution is -2.43. The molecule has 156 valence electrons. The molecule has 0 aliphatic heterocycles. The highest BCUT2D eigenvalue weighted by Gasteiger charge is 2.27. The predicted octanol–water partition coefficient (Wildman–Crippen LogP) is 2.34. The molecular weight excluding hydrogens is 392 g/mol. The minimum absolute atomic E-state index is 0.00134. The number of esters is 1. The van der Waals surface area contributed by atoms with Gasteiger partial charge in [-0.15, -0.1) is 0 Å². The smallest absolute Gasteiger partial charge is 0.321 e. The Bertz CT molecular complexity index is 923. The highest BCUT2D eigenvalue weighted by atomic mass is 32.2. The van der Waals surface area contributed by atoms with Crippen LogP contribution < -0.4 is 5.32 Å². The lowest BCUT2D eigenvalue weighted by molar-refractivity contribution is -0.149. The Morgan fingerprint density at radius 2 is 1.52 bits per heavy atom. The van der Waals surface area contributed by atoms with Gasteiger partial charge < -0.3 is 10.1 Å². The molecule has 0 saturated carbocycles. The van der Waals surface area contributed by atoms with Crippen LogP contribution in [0.2, 0.25) is 0 Å². The predicted molar refractivity (Wildman–Crippen MR) is 109 cm³/mol. The van der Waals surface area contributed by atoms with Crippen molar-refractivity contribution in [3.8, 4) is 0 Å². The van der Waals surface area contributed by atoms with E-state index in [0.29, 0.717) is 0 Å². The van der Waals surface area contributed by atoms with Crippen molar-refractivity contribution in [1.82, 2.24) is 9.62 Å². The summed E-state index contributed by atoms with van der Waals surface area (Å²) in [5, 5.41) is 2.68. The first-order valence-corrected chi connectivity index (χ1v) is 10.6. The van der Waals surface area contributed by atoms with E-state index in [9.17, 15) is 18.0 Å². The molecular formula is C21H26N2O5S. The molecule has 0 atom stereocenters. The van der Waals surface area contributed by atoms with Gasteiger partial charge in [-0.25, -0.2) is 8.42 Å². The van der Waals surface area contributed by atoms with E-state index in [2.05, 4.69) is 5.32 Å². The van der Waals surface area contributed by atoms with E-state index in [1.165, 1.54) is 12.1 Å². The Hall–Kier alpha value is -2.71. The van der Waals surface area contributed by atoms with Crippen molar-refractivity contribution in [2.75, 3.05) is 13.2 Å². The number of rotatable bonds is 8. The number of ether oxygens (including phenoxy) is 1. The number of carbonyl (C=O) groups is 2. The summed E-state index contributed by atoms with van der Waals surface area (Å²) in [6, 6.07) is 16.8. The lowest BCUT2D eigenvalue weighted by Gasteiger charge is -2.22. The van der Waals surface area contributed by atoms with Crippen molar-refractivity contribution in [2.24, 2.45) is 0 Å². The highest BCUT2D eigenvalue weighted by Crippen LogP contribution is 2.18. The average Bonchev–Trinajstić information content (AvgIpc) is 2.66. The third-order valence-electron chi connectivity index (χ3n) is 3.77. The van der Waals surface area contributed by atoms with Crippen LogP contribution in [0.1, 0.15) is 26.3 Å². The van der Waals surface area contributed by atoms with Gasteiger partial charge in [0.15, 0.2) is 6.61 Å². The second kappa shape index (κ2) is 9.67. The minimum Gasteiger partial charge on any atom is -0.455 e. The third-order valence-corrected chi connectivity index (χ3v) is 5.57. The lowest BCUT2D eigenvalue weighted by atomic mass is 10.1. The normalized spacial score (nSPS) is 11.9. The van der Waals surface area contributed by atoms with Crippen LogP contribution in [0.3, 0.4) is 0 Å². The Morgan fingerprint density at radius 3 is 2.07 bits per heavy atom. The van der Waals surface area contributed by atoms with Gasteiger partial charge in [0.2, 0.25) is 10.0 Å². The number of sulfonamides is 1. The Balaban J connectivity index is 2.13. The number of nitrogens with one attached hydrogen (secondary N) is 1. The summed E-state index contributed by atoms with van der Waals surface area (Å²) in [5.41, 5.74) is 0.268. The van der Waals surface area contributed by atoms with E-state index in [4.69, 9.17) is 4.74 Å². The number of nitrogens with zero attached hydrogens (tertiary/aromatic N) is 1. The van der Waals surface area contributed by atoms with Crippen LogP contribution in [0.25, 0.3) is 0 Å². The molecule has 1 N–H and O–H groups in total. The maximum absolute atomic E-state index is 13.0. The van der Waals surface area contributed by atoms with Crippen LogP contribution in [-0.4, -0.2) is 43.3 Å². The first-order valence-electron chi connectivity index (χ1n) is 9.14. The van der Waals surface area contributed by atoms with E-state index in [1.54, 1.807) is 63.2 Å². The second-order valence-electron chi connectivity index (χ2n) is 7.53. The van der Waals surface area contributed by atoms with E-state index in [1.807, 2.05) is 6.07 Å². The molecule has 2 aromatic carbocycles. The Kier molecular flexibility index (Phi) is 7.53. The summed E-state index contributed by atoms with van der Waals surface area (Å²) in [5.74, 6) is -1.25. The van der Waals surface area contributed by atoms with E-state index in [0.717, 1.165) is 9.87 Å². The summed E-state index contributed by atoms with van der Waals surface area (Å²) in [6.07, 6.45) is 0. The summed E-state index contributed by atoms with van der Waals surface area (Å²) in [4.78, 5) is 24.2. The number of benzene rings is 2. The van der Waals surface area contributed by atoms with Crippen molar-refractivity contribution in [2.45, 2.75) is 37.8 Å². The topological polar surface area (TPSA) is 92.8 Å². The molecule has 0 radical (unpaired) electrons. The average molecular weight is 419 g/mol. The van der Waals surface area contributed by atoms with Gasteiger partial charge in [0.25, 0.3) is 5.91 Å². The zero-order valence-electron chi connectivity index (χ0n) is 16.8. The Morgan fingerprint density at radius 1 is 0.966 bits per heavy atom. The van der Waals surface area contributed by atoms with Crippen LogP contribution >= 0.6 is 0 Å². The van der Waals surface area contributed by atoms with Gasteiger partial charge in [0.1, 0.15) is 6.54 Å². The molecule has 2 rings (SSSR count). The largest absolute Gasteiger partial charge is 0.455 e. The number of carbonyl (C=O) groups excluding carboxylic acids is 2. The summed E-state index contributed by atoms with van der Waals surface area (Å²) in [6.45, 7) is 4.44. The van der Waals surface area contributed by atoms with Gasteiger partial charge in [-0.3, -0.25) is 9.59 Å². The van der Waals surface area contributed by atoms with Gasteiger partial charge >= 0.3 is 5.97 Å². The van der Waals surface area contributed by atoms with Gasteiger partial charge in [-0.05, 0) is 38.5 Å². The molecule has 0 spiro atoms. The molecule has 7 nitrogen and oxygen atoms in total. The van der Waals surface area contributed by atoms with Gasteiger partial charge in [-0.1, -0.05) is 48.5 Å². The number of amides is 1. The first kappa shape index (κ1) is 22.6. The Labute approximate surface area is 171 Å². The maximum atomic E-state index is 13.0. The van der Waals surface area contributed by atoms with E-state index in [-0.39, 0.29) is 11.4 Å². The molecule has 0 aromatic heterocycles. The summed E-state index contributed by atoms with van der Waals surface area (Å²) < 4.78 is 32.1. The monoisotopic (exact) mass is 418 g/mol. The second-order valence-corrected chi connectivity index (χ2v) is 9.47. The van der Waals surface area contributed by atoms with Gasteiger partial charge in [0, 0.05) is 12.1 Å². The molecule has 0 heterocycles. The molecule has 0 aliphatic carbocycles. The molecule has 8 heteroatoms. The fourth-order valence-corrected chi connectivity index (χ4v) is 3.94. The van der Waals surface area contributed by atoms with Crippen molar-refractivity contribution >= 4 is 21.9 Å². The molecule has 1 amide bonds. The fraction of sp³-hybridized carbons (Fsp3) is 0.333. The van der Waals surface area contributed by atoms with Crippen LogP contribution in [-0.2, 0) is 30.9 Å². The molecule has 29 heavy (non-hydrogen) atoms. The third kappa shape index (κ3) is 7.32. The quantitative estimate of drug-likeness (QED) is 0.664. The number of hydrogen-bond acceptors (Lipinski definition) is 5. The van der Waals surface area contributed by atoms with Gasteiger partial charge in [-0.2, -0.15) is 4.31 Å². The highest BCUT2D eigenvalue weighted by molar-refractivity contribution is 7.89. The fourth-order valence-electron chi connectivity index (χ4n) is 2.54. The van der Waals surface area contributed by atoms with Crippen LogP contribution in [0.15, 0.2) is 65.6 Å². The van der Waals surface area contributed by atoms with Crippen molar-refractivity contribution < 1.29 is 22.7 Å². The van der Waals surface area contributed by atoms with Crippen molar-refractivity contribution in [1.29, 1.82) is 0 Å². The number of hydrogen-bond donors (Lipinski definition) is 1. The zero-order valence-corrected chi connectivity index (χ0v) is 17.6. The standard InChI is InChI=1S/C21H26N2O5S/c1-21(2,3)22-19(24)16-28-20(25)15-23(14-17-10-6-4-7-11-17)29(26,27)18-12-8-5-9-13-18/h4-13H,14-16H2,1-3H3,(H,22,24). The molecule has 0 saturated heterocycles. The SMILES string of the molecule is CC(C)(C)NC(=O)COC(=O)CN(Cc1ccccc1)S(=O)(=O)c1ccccc1. The van der Waals surface area contributed by atoms with Gasteiger partial charge in [0.05, 0.1) is 4.90 Å². The molecule has 0 bridgehead atoms. The van der Waals surface area contributed by atoms with Crippen molar-refractivity contribution in [3.05, 3.63) is 66.2 Å². The van der Waals surface area contributed by atoms with E-state index < -0.39 is 40.6 Å². The molecule has 0 aliphatic rings. The molecule has 0 unspecified atom stereocenters. The van der Waals surface area contributed by atoms with Crippen LogP contribution in [0.4, 0.5) is 0 Å². The first-order chi connectivity index (χ1) is 13.6. The van der Waals surface area contributed by atoms with Crippen LogP contribution in [0.5, 0.6) is 0 Å². The summed E-state index contributed by atoms with van der Waals surface area (Å²) in [7, 11) is -3.93. The van der Waals surface area contributed by atoms with Crippen molar-refractivity contribution in [3.63, 3.8) is 0 Å². The molecule has 0 fully saturated rings. The molecule has 2 aromatic rings. The van der Waals surface area contributed by atoms with Crippen LogP contribution in [0, 0.1) is 0 Å². The summed E-state index contributed by atoms with van der Waals surface area (Å²) >= 11 is 0. The van der Waals surface area contributed by atoms with E-state index >= 15 is 0 Å².